The monoisotopic (exact) mass is 520 g/mol. The highest BCUT2D eigenvalue weighted by Gasteiger charge is 2.06. The fraction of sp³-hybridized carbons (Fsp3) is 0.318. The molecule has 160 valence electrons. The number of rotatable bonds is 8. The van der Waals surface area contributed by atoms with Crippen LogP contribution in [0.3, 0.4) is 0 Å². The lowest BCUT2D eigenvalue weighted by molar-refractivity contribution is 0.336. The summed E-state index contributed by atoms with van der Waals surface area (Å²) in [5.74, 6) is 2.43. The van der Waals surface area contributed by atoms with Crippen molar-refractivity contribution in [3.05, 3.63) is 65.5 Å². The molecule has 2 aromatic carbocycles. The van der Waals surface area contributed by atoms with Crippen LogP contribution in [0.2, 0.25) is 0 Å². The molecule has 0 aliphatic rings. The summed E-state index contributed by atoms with van der Waals surface area (Å²) in [6.45, 7) is 8.75. The van der Waals surface area contributed by atoms with Crippen LogP contribution in [0.15, 0.2) is 53.8 Å². The first-order valence-electron chi connectivity index (χ1n) is 9.88. The van der Waals surface area contributed by atoms with E-state index >= 15 is 0 Å². The predicted molar refractivity (Wildman–Crippen MR) is 131 cm³/mol. The van der Waals surface area contributed by atoms with Crippen molar-refractivity contribution in [2.45, 2.75) is 33.9 Å². The van der Waals surface area contributed by atoms with E-state index in [4.69, 9.17) is 9.73 Å². The fourth-order valence-corrected chi connectivity index (χ4v) is 2.95. The Morgan fingerprint density at radius 2 is 2.00 bits per heavy atom. The zero-order chi connectivity index (χ0) is 20.5. The summed E-state index contributed by atoms with van der Waals surface area (Å²) in [4.78, 5) is 8.93. The van der Waals surface area contributed by atoms with Gasteiger partial charge in [0.15, 0.2) is 11.8 Å². The number of aromatic nitrogens is 3. The van der Waals surface area contributed by atoms with E-state index in [0.29, 0.717) is 19.7 Å². The molecule has 0 atom stereocenters. The van der Waals surface area contributed by atoms with Crippen molar-refractivity contribution in [2.75, 3.05) is 13.2 Å². The van der Waals surface area contributed by atoms with Crippen LogP contribution >= 0.6 is 24.0 Å². The average Bonchev–Trinajstić information content (AvgIpc) is 3.27. The maximum absolute atomic E-state index is 5.77. The van der Waals surface area contributed by atoms with E-state index < -0.39 is 0 Å². The molecule has 1 heterocycles. The van der Waals surface area contributed by atoms with Gasteiger partial charge in [-0.1, -0.05) is 30.3 Å². The Balaban J connectivity index is 0.00000320. The normalized spacial score (nSPS) is 11.0. The molecule has 7 nitrogen and oxygen atoms in total. The van der Waals surface area contributed by atoms with Gasteiger partial charge in [0.1, 0.15) is 12.1 Å². The van der Waals surface area contributed by atoms with Gasteiger partial charge in [0.25, 0.3) is 0 Å². The maximum atomic E-state index is 5.77. The van der Waals surface area contributed by atoms with Crippen molar-refractivity contribution in [3.63, 3.8) is 0 Å². The molecule has 0 aliphatic heterocycles. The molecule has 0 unspecified atom stereocenters. The second-order valence-corrected chi connectivity index (χ2v) is 6.63. The third-order valence-electron chi connectivity index (χ3n) is 4.35. The molecule has 3 N–H and O–H groups in total. The molecule has 0 spiro atoms. The zero-order valence-corrected chi connectivity index (χ0v) is 19.9. The van der Waals surface area contributed by atoms with Crippen LogP contribution in [0.4, 0.5) is 0 Å². The number of halogens is 1. The summed E-state index contributed by atoms with van der Waals surface area (Å²) in [6.07, 6.45) is 1.51. The molecule has 0 saturated heterocycles. The van der Waals surface area contributed by atoms with E-state index in [1.807, 2.05) is 19.1 Å². The third-order valence-corrected chi connectivity index (χ3v) is 4.35. The van der Waals surface area contributed by atoms with E-state index in [9.17, 15) is 0 Å². The molecule has 1 aromatic heterocycles. The minimum atomic E-state index is 0. The highest BCUT2D eigenvalue weighted by molar-refractivity contribution is 14.0. The van der Waals surface area contributed by atoms with Gasteiger partial charge in [-0.25, -0.2) is 9.98 Å². The molecule has 0 fully saturated rings. The Labute approximate surface area is 194 Å². The number of aliphatic imine (C=N–C) groups is 1. The van der Waals surface area contributed by atoms with E-state index in [1.165, 1.54) is 11.9 Å². The molecule has 0 amide bonds. The van der Waals surface area contributed by atoms with Crippen LogP contribution in [0.1, 0.15) is 30.5 Å². The molecule has 0 bridgehead atoms. The molecular formula is C22H29IN6O. The van der Waals surface area contributed by atoms with Crippen molar-refractivity contribution in [2.24, 2.45) is 4.99 Å². The Bertz CT molecular complexity index is 943. The molecule has 3 aromatic rings. The fourth-order valence-electron chi connectivity index (χ4n) is 2.95. The van der Waals surface area contributed by atoms with Crippen LogP contribution < -0.4 is 15.4 Å². The number of ether oxygens (including phenoxy) is 1. The van der Waals surface area contributed by atoms with Crippen molar-refractivity contribution in [1.29, 1.82) is 0 Å². The lowest BCUT2D eigenvalue weighted by atomic mass is 10.1. The van der Waals surface area contributed by atoms with Gasteiger partial charge < -0.3 is 15.4 Å². The van der Waals surface area contributed by atoms with E-state index in [-0.39, 0.29) is 24.0 Å². The number of hydrogen-bond donors (Lipinski definition) is 3. The smallest absolute Gasteiger partial charge is 0.191 e. The van der Waals surface area contributed by atoms with E-state index in [1.54, 1.807) is 0 Å². The third kappa shape index (κ3) is 6.72. The molecule has 30 heavy (non-hydrogen) atoms. The highest BCUT2D eigenvalue weighted by atomic mass is 127. The van der Waals surface area contributed by atoms with Crippen molar-refractivity contribution < 1.29 is 4.74 Å². The van der Waals surface area contributed by atoms with Crippen LogP contribution in [-0.4, -0.2) is 34.3 Å². The molecule has 0 radical (unpaired) electrons. The second-order valence-electron chi connectivity index (χ2n) is 6.63. The molecule has 8 heteroatoms. The Kier molecular flexibility index (Phi) is 9.59. The van der Waals surface area contributed by atoms with Crippen LogP contribution in [0.25, 0.3) is 11.4 Å². The van der Waals surface area contributed by atoms with Crippen molar-refractivity contribution in [1.82, 2.24) is 25.8 Å². The minimum absolute atomic E-state index is 0. The van der Waals surface area contributed by atoms with Gasteiger partial charge in [-0.05, 0) is 44.0 Å². The first kappa shape index (κ1) is 23.7. The van der Waals surface area contributed by atoms with E-state index in [0.717, 1.165) is 40.8 Å². The summed E-state index contributed by atoms with van der Waals surface area (Å²) in [5.41, 5.74) is 4.38. The second kappa shape index (κ2) is 12.2. The number of aryl methyl sites for hydroxylation is 1. The van der Waals surface area contributed by atoms with Gasteiger partial charge in [0, 0.05) is 24.2 Å². The molecular weight excluding hydrogens is 491 g/mol. The minimum Gasteiger partial charge on any atom is -0.494 e. The van der Waals surface area contributed by atoms with E-state index in [2.05, 4.69) is 70.0 Å². The molecule has 0 saturated carbocycles. The Morgan fingerprint density at radius 1 is 1.13 bits per heavy atom. The number of nitrogens with zero attached hydrogens (tertiary/aromatic N) is 3. The van der Waals surface area contributed by atoms with Gasteiger partial charge in [0.2, 0.25) is 0 Å². The van der Waals surface area contributed by atoms with Gasteiger partial charge in [0.05, 0.1) is 13.2 Å². The molecule has 0 aliphatic carbocycles. The SMILES string of the molecule is CCNC(=NCc1cccc(-c2ncn[nH]2)c1)NCc1ccc(C)cc1OCC.I. The number of guanidine groups is 1. The van der Waals surface area contributed by atoms with Gasteiger partial charge >= 0.3 is 0 Å². The first-order valence-corrected chi connectivity index (χ1v) is 9.88. The standard InChI is InChI=1S/C22H28N6O.HI/c1-4-23-22(25-14-19-10-9-16(3)11-20(19)29-5-2)24-13-17-7-6-8-18(12-17)21-26-15-27-28-21;/h6-12,15H,4-5,13-14H2,1-3H3,(H2,23,24,25)(H,26,27,28);1H. The summed E-state index contributed by atoms with van der Waals surface area (Å²) < 4.78 is 5.77. The van der Waals surface area contributed by atoms with Gasteiger partial charge in [-0.3, -0.25) is 5.10 Å². The number of nitrogens with one attached hydrogen (secondary N) is 3. The largest absolute Gasteiger partial charge is 0.494 e. The van der Waals surface area contributed by atoms with Crippen LogP contribution in [0, 0.1) is 6.92 Å². The number of H-pyrrole nitrogens is 1. The van der Waals surface area contributed by atoms with Crippen LogP contribution in [-0.2, 0) is 13.1 Å². The summed E-state index contributed by atoms with van der Waals surface area (Å²) in [7, 11) is 0. The van der Waals surface area contributed by atoms with Crippen molar-refractivity contribution in [3.8, 4) is 17.1 Å². The average molecular weight is 520 g/mol. The number of benzene rings is 2. The first-order chi connectivity index (χ1) is 14.2. The topological polar surface area (TPSA) is 87.2 Å². The number of aromatic amines is 1. The summed E-state index contributed by atoms with van der Waals surface area (Å²) >= 11 is 0. The van der Waals surface area contributed by atoms with Gasteiger partial charge in [-0.2, -0.15) is 5.10 Å². The lowest BCUT2D eigenvalue weighted by Crippen LogP contribution is -2.36. The maximum Gasteiger partial charge on any atom is 0.191 e. The van der Waals surface area contributed by atoms with Crippen LogP contribution in [0.5, 0.6) is 5.75 Å². The lowest BCUT2D eigenvalue weighted by Gasteiger charge is -2.15. The number of hydrogen-bond acceptors (Lipinski definition) is 4. The molecule has 3 rings (SSSR count). The predicted octanol–water partition coefficient (Wildman–Crippen LogP) is 4.05. The Morgan fingerprint density at radius 3 is 2.73 bits per heavy atom. The summed E-state index contributed by atoms with van der Waals surface area (Å²) in [6, 6.07) is 14.4. The van der Waals surface area contributed by atoms with Gasteiger partial charge in [-0.15, -0.1) is 24.0 Å². The summed E-state index contributed by atoms with van der Waals surface area (Å²) in [5, 5.41) is 13.5. The Hall–Kier alpha value is -2.62. The highest BCUT2D eigenvalue weighted by Crippen LogP contribution is 2.20. The van der Waals surface area contributed by atoms with Crippen molar-refractivity contribution >= 4 is 29.9 Å². The zero-order valence-electron chi connectivity index (χ0n) is 17.6. The quantitative estimate of drug-likeness (QED) is 0.237.